The molecule has 0 aliphatic carbocycles. The van der Waals surface area contributed by atoms with Gasteiger partial charge in [0.25, 0.3) is 5.91 Å². The van der Waals surface area contributed by atoms with Crippen molar-refractivity contribution in [2.24, 2.45) is 5.92 Å². The fourth-order valence-electron chi connectivity index (χ4n) is 2.50. The first-order chi connectivity index (χ1) is 12.4. The standard InChI is InChI=1S/C20H23BrN2O3/c1-13(2)18(23-19(24)14-8-10-16(21)11-9-14)20(25)22-12-15-6-4-5-7-17(15)26-3/h4-11,13,18H,12H2,1-3H3,(H,22,25)(H,23,24)/t18-/m0/s1. The molecule has 2 aromatic carbocycles. The second kappa shape index (κ2) is 9.38. The van der Waals surface area contributed by atoms with Crippen molar-refractivity contribution in [1.82, 2.24) is 10.6 Å². The van der Waals surface area contributed by atoms with Gasteiger partial charge in [-0.05, 0) is 36.2 Å². The summed E-state index contributed by atoms with van der Waals surface area (Å²) in [6, 6.07) is 13.9. The molecule has 1 atom stereocenters. The van der Waals surface area contributed by atoms with Gasteiger partial charge >= 0.3 is 0 Å². The maximum atomic E-state index is 12.6. The summed E-state index contributed by atoms with van der Waals surface area (Å²) < 4.78 is 6.19. The Hall–Kier alpha value is -2.34. The van der Waals surface area contributed by atoms with Crippen molar-refractivity contribution in [1.29, 1.82) is 0 Å². The van der Waals surface area contributed by atoms with Crippen LogP contribution in [0.4, 0.5) is 0 Å². The molecule has 26 heavy (non-hydrogen) atoms. The molecule has 0 radical (unpaired) electrons. The van der Waals surface area contributed by atoms with E-state index in [-0.39, 0.29) is 17.7 Å². The number of rotatable bonds is 7. The SMILES string of the molecule is COc1ccccc1CNC(=O)[C@@H](NC(=O)c1ccc(Br)cc1)C(C)C. The van der Waals surface area contributed by atoms with Crippen molar-refractivity contribution in [3.05, 3.63) is 64.1 Å². The van der Waals surface area contributed by atoms with Crippen LogP contribution in [-0.4, -0.2) is 25.0 Å². The average molecular weight is 419 g/mol. The van der Waals surface area contributed by atoms with Gasteiger partial charge in [-0.25, -0.2) is 0 Å². The highest BCUT2D eigenvalue weighted by Crippen LogP contribution is 2.17. The summed E-state index contributed by atoms with van der Waals surface area (Å²) in [5.41, 5.74) is 1.39. The Morgan fingerprint density at radius 1 is 1.08 bits per heavy atom. The van der Waals surface area contributed by atoms with Gasteiger partial charge < -0.3 is 15.4 Å². The van der Waals surface area contributed by atoms with Crippen LogP contribution in [0.25, 0.3) is 0 Å². The molecule has 0 bridgehead atoms. The quantitative estimate of drug-likeness (QED) is 0.722. The zero-order chi connectivity index (χ0) is 19.1. The van der Waals surface area contributed by atoms with Gasteiger partial charge in [0.1, 0.15) is 11.8 Å². The van der Waals surface area contributed by atoms with E-state index in [1.54, 1.807) is 31.4 Å². The monoisotopic (exact) mass is 418 g/mol. The third-order valence-corrected chi connectivity index (χ3v) is 4.52. The molecule has 2 N–H and O–H groups in total. The van der Waals surface area contributed by atoms with Gasteiger partial charge in [-0.2, -0.15) is 0 Å². The van der Waals surface area contributed by atoms with Crippen LogP contribution in [0, 0.1) is 5.92 Å². The molecular formula is C20H23BrN2O3. The minimum absolute atomic E-state index is 0.0490. The van der Waals surface area contributed by atoms with Crippen molar-refractivity contribution in [2.75, 3.05) is 7.11 Å². The van der Waals surface area contributed by atoms with Crippen LogP contribution < -0.4 is 15.4 Å². The minimum atomic E-state index is -0.624. The predicted octanol–water partition coefficient (Wildman–Crippen LogP) is 3.53. The molecule has 0 aromatic heterocycles. The van der Waals surface area contributed by atoms with Gasteiger partial charge in [0.15, 0.2) is 0 Å². The molecule has 0 aliphatic rings. The van der Waals surface area contributed by atoms with E-state index >= 15 is 0 Å². The topological polar surface area (TPSA) is 67.4 Å². The van der Waals surface area contributed by atoms with Crippen molar-refractivity contribution in [3.63, 3.8) is 0 Å². The number of benzene rings is 2. The Labute approximate surface area is 162 Å². The van der Waals surface area contributed by atoms with E-state index in [0.29, 0.717) is 17.9 Å². The molecule has 0 heterocycles. The molecule has 5 nitrogen and oxygen atoms in total. The number of nitrogens with one attached hydrogen (secondary N) is 2. The molecule has 0 saturated carbocycles. The number of amides is 2. The molecule has 138 valence electrons. The average Bonchev–Trinajstić information content (AvgIpc) is 2.64. The number of carbonyl (C=O) groups excluding carboxylic acids is 2. The smallest absolute Gasteiger partial charge is 0.251 e. The highest BCUT2D eigenvalue weighted by Gasteiger charge is 2.24. The Morgan fingerprint density at radius 3 is 2.35 bits per heavy atom. The van der Waals surface area contributed by atoms with Gasteiger partial charge in [-0.3, -0.25) is 9.59 Å². The molecule has 0 unspecified atom stereocenters. The van der Waals surface area contributed by atoms with Gasteiger partial charge in [0.2, 0.25) is 5.91 Å². The molecule has 2 rings (SSSR count). The normalized spacial score (nSPS) is 11.7. The number of methoxy groups -OCH3 is 1. The fourth-order valence-corrected chi connectivity index (χ4v) is 2.77. The third-order valence-electron chi connectivity index (χ3n) is 3.99. The van der Waals surface area contributed by atoms with E-state index in [9.17, 15) is 9.59 Å². The molecule has 0 fully saturated rings. The lowest BCUT2D eigenvalue weighted by Gasteiger charge is -2.22. The summed E-state index contributed by atoms with van der Waals surface area (Å²) in [6.07, 6.45) is 0. The van der Waals surface area contributed by atoms with Gasteiger partial charge in [0.05, 0.1) is 7.11 Å². The van der Waals surface area contributed by atoms with Crippen molar-refractivity contribution in [3.8, 4) is 5.75 Å². The molecule has 6 heteroatoms. The Balaban J connectivity index is 2.03. The van der Waals surface area contributed by atoms with E-state index in [1.165, 1.54) is 0 Å². The lowest BCUT2D eigenvalue weighted by Crippen LogP contribution is -2.49. The number of halogens is 1. The maximum Gasteiger partial charge on any atom is 0.251 e. The summed E-state index contributed by atoms with van der Waals surface area (Å²) in [7, 11) is 1.59. The van der Waals surface area contributed by atoms with Crippen LogP contribution in [0.3, 0.4) is 0 Å². The van der Waals surface area contributed by atoms with E-state index in [4.69, 9.17) is 4.74 Å². The second-order valence-corrected chi connectivity index (χ2v) is 7.15. The third kappa shape index (κ3) is 5.33. The number of hydrogen-bond donors (Lipinski definition) is 2. The highest BCUT2D eigenvalue weighted by molar-refractivity contribution is 9.10. The van der Waals surface area contributed by atoms with Gasteiger partial charge in [-0.1, -0.05) is 48.0 Å². The largest absolute Gasteiger partial charge is 0.496 e. The summed E-state index contributed by atoms with van der Waals surface area (Å²) >= 11 is 3.34. The lowest BCUT2D eigenvalue weighted by molar-refractivity contribution is -0.124. The first-order valence-electron chi connectivity index (χ1n) is 8.38. The summed E-state index contributed by atoms with van der Waals surface area (Å²) in [4.78, 5) is 25.0. The number of hydrogen-bond acceptors (Lipinski definition) is 3. The molecule has 0 saturated heterocycles. The molecule has 2 amide bonds. The van der Waals surface area contributed by atoms with Crippen LogP contribution in [0.1, 0.15) is 29.8 Å². The summed E-state index contributed by atoms with van der Waals surface area (Å²) in [5, 5.41) is 5.70. The summed E-state index contributed by atoms with van der Waals surface area (Å²) in [6.45, 7) is 4.13. The molecule has 0 spiro atoms. The Morgan fingerprint density at radius 2 is 1.73 bits per heavy atom. The summed E-state index contributed by atoms with van der Waals surface area (Å²) in [5.74, 6) is 0.167. The highest BCUT2D eigenvalue weighted by atomic mass is 79.9. The number of carbonyl (C=O) groups is 2. The fraction of sp³-hybridized carbons (Fsp3) is 0.300. The molecule has 0 aliphatic heterocycles. The van der Waals surface area contributed by atoms with Crippen LogP contribution in [0.2, 0.25) is 0 Å². The molecular weight excluding hydrogens is 396 g/mol. The van der Waals surface area contributed by atoms with Crippen molar-refractivity contribution in [2.45, 2.75) is 26.4 Å². The Kier molecular flexibility index (Phi) is 7.21. The number of ether oxygens (including phenoxy) is 1. The first-order valence-corrected chi connectivity index (χ1v) is 9.17. The predicted molar refractivity (Wildman–Crippen MR) is 105 cm³/mol. The van der Waals surface area contributed by atoms with Crippen LogP contribution in [0.15, 0.2) is 53.0 Å². The van der Waals surface area contributed by atoms with Crippen LogP contribution >= 0.6 is 15.9 Å². The molecule has 2 aromatic rings. The van der Waals surface area contributed by atoms with Crippen LogP contribution in [0.5, 0.6) is 5.75 Å². The zero-order valence-electron chi connectivity index (χ0n) is 15.1. The van der Waals surface area contributed by atoms with Gasteiger partial charge in [-0.15, -0.1) is 0 Å². The van der Waals surface area contributed by atoms with E-state index in [1.807, 2.05) is 38.1 Å². The maximum absolute atomic E-state index is 12.6. The van der Waals surface area contributed by atoms with Crippen molar-refractivity contribution < 1.29 is 14.3 Å². The minimum Gasteiger partial charge on any atom is -0.496 e. The number of para-hydroxylation sites is 1. The van der Waals surface area contributed by atoms with E-state index in [2.05, 4.69) is 26.6 Å². The zero-order valence-corrected chi connectivity index (χ0v) is 16.7. The van der Waals surface area contributed by atoms with E-state index < -0.39 is 6.04 Å². The first kappa shape index (κ1) is 20.0. The Bertz CT molecular complexity index is 760. The van der Waals surface area contributed by atoms with E-state index in [0.717, 1.165) is 10.0 Å². The van der Waals surface area contributed by atoms with Gasteiger partial charge in [0, 0.05) is 22.1 Å². The van der Waals surface area contributed by atoms with Crippen LogP contribution in [-0.2, 0) is 11.3 Å². The van der Waals surface area contributed by atoms with Crippen molar-refractivity contribution >= 4 is 27.7 Å². The second-order valence-electron chi connectivity index (χ2n) is 6.23. The lowest BCUT2D eigenvalue weighted by atomic mass is 10.0.